The van der Waals surface area contributed by atoms with Gasteiger partial charge in [-0.25, -0.2) is 12.8 Å². The monoisotopic (exact) mass is 413 g/mol. The van der Waals surface area contributed by atoms with Crippen LogP contribution in [0.4, 0.5) is 10.1 Å². The summed E-state index contributed by atoms with van der Waals surface area (Å²) in [4.78, 5) is 12.1. The average Bonchev–Trinajstić information content (AvgIpc) is 2.65. The van der Waals surface area contributed by atoms with Gasteiger partial charge in [0.2, 0.25) is 10.0 Å². The second kappa shape index (κ2) is 7.89. The Morgan fingerprint density at radius 2 is 1.78 bits per heavy atom. The molecule has 1 saturated heterocycles. The van der Waals surface area contributed by atoms with E-state index >= 15 is 0 Å². The molecule has 0 atom stereocenters. The van der Waals surface area contributed by atoms with E-state index < -0.39 is 20.8 Å². The molecule has 0 N–H and O–H groups in total. The zero-order valence-electron chi connectivity index (χ0n) is 14.2. The standard InChI is InChI=1S/C17H17ClFN3O4S/c18-16-5-2-6-17(19)15(16)12-20-7-9-21(10-8-20)27(25,26)14-4-1-3-13(11-14)22(23)24/h1-6,11H,7-10,12H2. The number of nitro groups is 1. The molecule has 1 fully saturated rings. The van der Waals surface area contributed by atoms with Crippen molar-refractivity contribution in [2.24, 2.45) is 0 Å². The predicted octanol–water partition coefficient (Wildman–Crippen LogP) is 2.89. The Bertz CT molecular complexity index is 942. The van der Waals surface area contributed by atoms with Crippen molar-refractivity contribution >= 4 is 27.3 Å². The van der Waals surface area contributed by atoms with E-state index in [-0.39, 0.29) is 30.2 Å². The van der Waals surface area contributed by atoms with Crippen LogP contribution >= 0.6 is 11.6 Å². The largest absolute Gasteiger partial charge is 0.296 e. The van der Waals surface area contributed by atoms with Crippen molar-refractivity contribution in [3.63, 3.8) is 0 Å². The van der Waals surface area contributed by atoms with Crippen molar-refractivity contribution in [2.45, 2.75) is 11.4 Å². The molecule has 0 saturated carbocycles. The molecule has 1 aliphatic rings. The predicted molar refractivity (Wildman–Crippen MR) is 98.5 cm³/mol. The Kier molecular flexibility index (Phi) is 5.75. The van der Waals surface area contributed by atoms with Gasteiger partial charge in [-0.2, -0.15) is 4.31 Å². The number of piperazine rings is 1. The number of nitrogens with zero attached hydrogens (tertiary/aromatic N) is 3. The van der Waals surface area contributed by atoms with Crippen LogP contribution in [-0.4, -0.2) is 48.7 Å². The average molecular weight is 414 g/mol. The molecule has 27 heavy (non-hydrogen) atoms. The van der Waals surface area contributed by atoms with Gasteiger partial charge in [-0.05, 0) is 18.2 Å². The second-order valence-corrected chi connectivity index (χ2v) is 8.48. The van der Waals surface area contributed by atoms with Crippen LogP contribution in [-0.2, 0) is 16.6 Å². The lowest BCUT2D eigenvalue weighted by atomic mass is 10.2. The van der Waals surface area contributed by atoms with Gasteiger partial charge in [0, 0.05) is 55.4 Å². The zero-order valence-corrected chi connectivity index (χ0v) is 15.8. The fourth-order valence-corrected chi connectivity index (χ4v) is 4.63. The van der Waals surface area contributed by atoms with Crippen LogP contribution in [0.1, 0.15) is 5.56 Å². The van der Waals surface area contributed by atoms with E-state index in [9.17, 15) is 22.9 Å². The van der Waals surface area contributed by atoms with Crippen molar-refractivity contribution in [3.05, 3.63) is 69.0 Å². The molecule has 0 unspecified atom stereocenters. The molecule has 0 aromatic heterocycles. The van der Waals surface area contributed by atoms with E-state index in [2.05, 4.69) is 0 Å². The Hall–Kier alpha value is -2.07. The molecular weight excluding hydrogens is 397 g/mol. The molecule has 10 heteroatoms. The smallest absolute Gasteiger partial charge is 0.270 e. The van der Waals surface area contributed by atoms with Gasteiger partial charge in [-0.1, -0.05) is 23.7 Å². The maximum absolute atomic E-state index is 13.9. The maximum atomic E-state index is 13.9. The van der Waals surface area contributed by atoms with Crippen LogP contribution in [0.2, 0.25) is 5.02 Å². The number of nitro benzene ring substituents is 1. The van der Waals surface area contributed by atoms with Crippen LogP contribution in [0, 0.1) is 15.9 Å². The minimum absolute atomic E-state index is 0.109. The fourth-order valence-electron chi connectivity index (χ4n) is 2.94. The van der Waals surface area contributed by atoms with Gasteiger partial charge in [0.05, 0.1) is 9.82 Å². The first-order chi connectivity index (χ1) is 12.8. The van der Waals surface area contributed by atoms with Gasteiger partial charge in [-0.15, -0.1) is 0 Å². The lowest BCUT2D eigenvalue weighted by molar-refractivity contribution is -0.385. The fraction of sp³-hybridized carbons (Fsp3) is 0.294. The zero-order chi connectivity index (χ0) is 19.6. The summed E-state index contributed by atoms with van der Waals surface area (Å²) in [7, 11) is -3.83. The third kappa shape index (κ3) is 4.27. The highest BCUT2D eigenvalue weighted by Crippen LogP contribution is 2.24. The summed E-state index contributed by atoms with van der Waals surface area (Å²) in [6.45, 7) is 1.50. The topological polar surface area (TPSA) is 83.8 Å². The van der Waals surface area contributed by atoms with E-state index in [0.717, 1.165) is 6.07 Å². The molecule has 144 valence electrons. The summed E-state index contributed by atoms with van der Waals surface area (Å²) in [6, 6.07) is 9.48. The number of rotatable bonds is 5. The van der Waals surface area contributed by atoms with Crippen LogP contribution in [0.25, 0.3) is 0 Å². The van der Waals surface area contributed by atoms with Crippen molar-refractivity contribution in [1.29, 1.82) is 0 Å². The summed E-state index contributed by atoms with van der Waals surface area (Å²) >= 11 is 6.04. The van der Waals surface area contributed by atoms with Gasteiger partial charge in [0.15, 0.2) is 0 Å². The Balaban J connectivity index is 1.70. The molecule has 0 radical (unpaired) electrons. The summed E-state index contributed by atoms with van der Waals surface area (Å²) < 4.78 is 40.7. The quantitative estimate of drug-likeness (QED) is 0.556. The number of hydrogen-bond acceptors (Lipinski definition) is 5. The first-order valence-corrected chi connectivity index (χ1v) is 10.0. The van der Waals surface area contributed by atoms with Crippen LogP contribution in [0.3, 0.4) is 0 Å². The maximum Gasteiger partial charge on any atom is 0.270 e. The van der Waals surface area contributed by atoms with Crippen molar-refractivity contribution < 1.29 is 17.7 Å². The van der Waals surface area contributed by atoms with E-state index in [1.807, 2.05) is 4.90 Å². The number of benzene rings is 2. The summed E-state index contributed by atoms with van der Waals surface area (Å²) in [5.74, 6) is -0.394. The molecular formula is C17H17ClFN3O4S. The third-order valence-electron chi connectivity index (χ3n) is 4.44. The number of halogens is 2. The highest BCUT2D eigenvalue weighted by atomic mass is 35.5. The second-order valence-electron chi connectivity index (χ2n) is 6.13. The lowest BCUT2D eigenvalue weighted by Crippen LogP contribution is -2.48. The summed E-state index contributed by atoms with van der Waals surface area (Å²) in [6.07, 6.45) is 0. The first kappa shape index (κ1) is 19.7. The van der Waals surface area contributed by atoms with E-state index in [1.165, 1.54) is 34.6 Å². The highest BCUT2D eigenvalue weighted by molar-refractivity contribution is 7.89. The number of sulfonamides is 1. The number of hydrogen-bond donors (Lipinski definition) is 0. The van der Waals surface area contributed by atoms with Crippen LogP contribution < -0.4 is 0 Å². The lowest BCUT2D eigenvalue weighted by Gasteiger charge is -2.34. The van der Waals surface area contributed by atoms with Crippen molar-refractivity contribution in [2.75, 3.05) is 26.2 Å². The Morgan fingerprint density at radius 3 is 2.41 bits per heavy atom. The third-order valence-corrected chi connectivity index (χ3v) is 6.69. The molecule has 3 rings (SSSR count). The van der Waals surface area contributed by atoms with Gasteiger partial charge in [0.25, 0.3) is 5.69 Å². The Labute approximate surface area is 161 Å². The molecule has 1 aliphatic heterocycles. The van der Waals surface area contributed by atoms with Gasteiger partial charge < -0.3 is 0 Å². The molecule has 1 heterocycles. The molecule has 0 aliphatic carbocycles. The van der Waals surface area contributed by atoms with Crippen LogP contribution in [0.5, 0.6) is 0 Å². The van der Waals surface area contributed by atoms with Crippen LogP contribution in [0.15, 0.2) is 47.4 Å². The first-order valence-electron chi connectivity index (χ1n) is 8.19. The summed E-state index contributed by atoms with van der Waals surface area (Å²) in [5, 5.41) is 11.2. The minimum Gasteiger partial charge on any atom is -0.296 e. The van der Waals surface area contributed by atoms with E-state index in [0.29, 0.717) is 23.7 Å². The molecule has 2 aromatic rings. The molecule has 7 nitrogen and oxygen atoms in total. The molecule has 2 aromatic carbocycles. The summed E-state index contributed by atoms with van der Waals surface area (Å²) in [5.41, 5.74) is 0.109. The van der Waals surface area contributed by atoms with Gasteiger partial charge in [-0.3, -0.25) is 15.0 Å². The Morgan fingerprint density at radius 1 is 1.11 bits per heavy atom. The van der Waals surface area contributed by atoms with Gasteiger partial charge in [0.1, 0.15) is 5.82 Å². The highest BCUT2D eigenvalue weighted by Gasteiger charge is 2.29. The molecule has 0 amide bonds. The number of non-ortho nitro benzene ring substituents is 1. The van der Waals surface area contributed by atoms with Crippen molar-refractivity contribution in [3.8, 4) is 0 Å². The minimum atomic E-state index is -3.83. The molecule has 0 spiro atoms. The van der Waals surface area contributed by atoms with Crippen molar-refractivity contribution in [1.82, 2.24) is 9.21 Å². The normalized spacial score (nSPS) is 16.4. The molecule has 0 bridgehead atoms. The van der Waals surface area contributed by atoms with Gasteiger partial charge >= 0.3 is 0 Å². The SMILES string of the molecule is O=[N+]([O-])c1cccc(S(=O)(=O)N2CCN(Cc3c(F)cccc3Cl)CC2)c1. The van der Waals surface area contributed by atoms with E-state index in [4.69, 9.17) is 11.6 Å². The van der Waals surface area contributed by atoms with E-state index in [1.54, 1.807) is 6.07 Å².